The van der Waals surface area contributed by atoms with Crippen molar-refractivity contribution >= 4 is 0 Å². The van der Waals surface area contributed by atoms with E-state index in [4.69, 9.17) is 10.5 Å². The Morgan fingerprint density at radius 3 is 2.54 bits per heavy atom. The lowest BCUT2D eigenvalue weighted by atomic mass is 10.1. The molecule has 0 amide bonds. The molecule has 4 nitrogen and oxygen atoms in total. The van der Waals surface area contributed by atoms with Crippen molar-refractivity contribution in [1.82, 2.24) is 9.97 Å². The Balaban J connectivity index is 2.69. The van der Waals surface area contributed by atoms with Gasteiger partial charge in [-0.3, -0.25) is 0 Å². The molecule has 1 unspecified atom stereocenters. The largest absolute Gasteiger partial charge is 0.464 e. The van der Waals surface area contributed by atoms with Crippen molar-refractivity contribution in [2.45, 2.75) is 19.8 Å². The van der Waals surface area contributed by atoms with Gasteiger partial charge in [0, 0.05) is 12.4 Å². The topological polar surface area (TPSA) is 61.0 Å². The van der Waals surface area contributed by atoms with Crippen molar-refractivity contribution in [2.24, 2.45) is 5.73 Å². The molecule has 0 saturated heterocycles. The smallest absolute Gasteiger partial charge is 0.316 e. The van der Waals surface area contributed by atoms with Crippen LogP contribution in [0.3, 0.4) is 0 Å². The summed E-state index contributed by atoms with van der Waals surface area (Å²) >= 11 is 0. The maximum absolute atomic E-state index is 5.51. The van der Waals surface area contributed by atoms with Crippen LogP contribution in [-0.2, 0) is 0 Å². The summed E-state index contributed by atoms with van der Waals surface area (Å²) in [4.78, 5) is 8.10. The Morgan fingerprint density at radius 2 is 2.08 bits per heavy atom. The molecule has 0 fully saturated rings. The van der Waals surface area contributed by atoms with Crippen molar-refractivity contribution < 1.29 is 4.74 Å². The molecule has 0 bridgehead atoms. The van der Waals surface area contributed by atoms with Gasteiger partial charge in [-0.05, 0) is 24.9 Å². The molecule has 0 saturated carbocycles. The molecular weight excluding hydrogens is 166 g/mol. The second-order valence-corrected chi connectivity index (χ2v) is 2.87. The highest BCUT2D eigenvalue weighted by atomic mass is 16.5. The third-order valence-electron chi connectivity index (χ3n) is 1.84. The van der Waals surface area contributed by atoms with Gasteiger partial charge in [0.05, 0.1) is 6.61 Å². The van der Waals surface area contributed by atoms with Crippen LogP contribution in [0, 0.1) is 0 Å². The summed E-state index contributed by atoms with van der Waals surface area (Å²) < 4.78 is 5.12. The molecule has 1 heterocycles. The zero-order chi connectivity index (χ0) is 9.68. The number of hydrogen-bond acceptors (Lipinski definition) is 4. The molecule has 2 N–H and O–H groups in total. The first-order chi connectivity index (χ1) is 6.27. The third-order valence-corrected chi connectivity index (χ3v) is 1.84. The first kappa shape index (κ1) is 9.92. The lowest BCUT2D eigenvalue weighted by Gasteiger charge is -2.07. The molecular formula is C9H15N3O. The minimum Gasteiger partial charge on any atom is -0.464 e. The Kier molecular flexibility index (Phi) is 3.64. The number of hydrogen-bond donors (Lipinski definition) is 1. The summed E-state index contributed by atoms with van der Waals surface area (Å²) in [5.74, 6) is 0.302. The molecule has 13 heavy (non-hydrogen) atoms. The fraction of sp³-hybridized carbons (Fsp3) is 0.556. The van der Waals surface area contributed by atoms with Gasteiger partial charge >= 0.3 is 6.01 Å². The molecule has 0 aromatic carbocycles. The number of aromatic nitrogens is 2. The Morgan fingerprint density at radius 1 is 1.46 bits per heavy atom. The SMILES string of the molecule is CCOc1ncc(C(C)CN)cn1. The fourth-order valence-corrected chi connectivity index (χ4v) is 0.920. The summed E-state index contributed by atoms with van der Waals surface area (Å²) in [7, 11) is 0. The Labute approximate surface area is 78.1 Å². The van der Waals surface area contributed by atoms with Gasteiger partial charge in [-0.25, -0.2) is 9.97 Å². The second-order valence-electron chi connectivity index (χ2n) is 2.87. The highest BCUT2D eigenvalue weighted by Crippen LogP contribution is 2.12. The number of rotatable bonds is 4. The van der Waals surface area contributed by atoms with E-state index in [1.54, 1.807) is 12.4 Å². The van der Waals surface area contributed by atoms with Crippen molar-refractivity contribution in [3.63, 3.8) is 0 Å². The highest BCUT2D eigenvalue weighted by molar-refractivity contribution is 5.12. The van der Waals surface area contributed by atoms with E-state index in [1.165, 1.54) is 0 Å². The molecule has 1 atom stereocenters. The summed E-state index contributed by atoms with van der Waals surface area (Å²) in [6.07, 6.45) is 3.52. The quantitative estimate of drug-likeness (QED) is 0.750. The maximum atomic E-state index is 5.51. The van der Waals surface area contributed by atoms with Gasteiger partial charge in [0.2, 0.25) is 0 Å². The molecule has 1 aromatic heterocycles. The second kappa shape index (κ2) is 4.77. The first-order valence-corrected chi connectivity index (χ1v) is 4.42. The average molecular weight is 181 g/mol. The fourth-order valence-electron chi connectivity index (χ4n) is 0.920. The predicted octanol–water partition coefficient (Wildman–Crippen LogP) is 0.938. The van der Waals surface area contributed by atoms with Gasteiger partial charge in [-0.2, -0.15) is 0 Å². The van der Waals surface area contributed by atoms with Crippen LogP contribution in [0.2, 0.25) is 0 Å². The van der Waals surface area contributed by atoms with E-state index in [-0.39, 0.29) is 0 Å². The van der Waals surface area contributed by atoms with E-state index >= 15 is 0 Å². The van der Waals surface area contributed by atoms with E-state index < -0.39 is 0 Å². The molecule has 1 aromatic rings. The van der Waals surface area contributed by atoms with Crippen LogP contribution in [0.4, 0.5) is 0 Å². The van der Waals surface area contributed by atoms with E-state index in [0.29, 0.717) is 25.1 Å². The van der Waals surface area contributed by atoms with Gasteiger partial charge in [-0.15, -0.1) is 0 Å². The summed E-state index contributed by atoms with van der Waals surface area (Å²) in [6.45, 7) is 5.14. The maximum Gasteiger partial charge on any atom is 0.316 e. The Hall–Kier alpha value is -1.16. The van der Waals surface area contributed by atoms with E-state index in [9.17, 15) is 0 Å². The molecule has 0 aliphatic heterocycles. The minimum absolute atomic E-state index is 0.302. The van der Waals surface area contributed by atoms with Crippen LogP contribution in [0.15, 0.2) is 12.4 Å². The van der Waals surface area contributed by atoms with Crippen LogP contribution in [0.25, 0.3) is 0 Å². The number of nitrogens with zero attached hydrogens (tertiary/aromatic N) is 2. The summed E-state index contributed by atoms with van der Waals surface area (Å²) in [5, 5.41) is 0. The van der Waals surface area contributed by atoms with E-state index in [0.717, 1.165) is 5.56 Å². The zero-order valence-electron chi connectivity index (χ0n) is 8.03. The first-order valence-electron chi connectivity index (χ1n) is 4.42. The molecule has 0 aliphatic carbocycles. The molecule has 4 heteroatoms. The third kappa shape index (κ3) is 2.66. The molecule has 0 aliphatic rings. The van der Waals surface area contributed by atoms with Gasteiger partial charge in [0.15, 0.2) is 0 Å². The van der Waals surface area contributed by atoms with Crippen LogP contribution < -0.4 is 10.5 Å². The highest BCUT2D eigenvalue weighted by Gasteiger charge is 2.04. The molecule has 72 valence electrons. The van der Waals surface area contributed by atoms with Gasteiger partial charge in [0.25, 0.3) is 0 Å². The number of nitrogens with two attached hydrogens (primary N) is 1. The van der Waals surface area contributed by atoms with E-state index in [1.807, 2.05) is 13.8 Å². The van der Waals surface area contributed by atoms with Crippen LogP contribution in [0.1, 0.15) is 25.3 Å². The van der Waals surface area contributed by atoms with Crippen molar-refractivity contribution in [2.75, 3.05) is 13.2 Å². The van der Waals surface area contributed by atoms with Crippen LogP contribution in [0.5, 0.6) is 6.01 Å². The Bertz CT molecular complexity index is 248. The predicted molar refractivity (Wildman–Crippen MR) is 50.7 cm³/mol. The summed E-state index contributed by atoms with van der Waals surface area (Å²) in [6, 6.07) is 0.426. The van der Waals surface area contributed by atoms with Crippen LogP contribution >= 0.6 is 0 Å². The monoisotopic (exact) mass is 181 g/mol. The molecule has 0 spiro atoms. The van der Waals surface area contributed by atoms with E-state index in [2.05, 4.69) is 9.97 Å². The van der Waals surface area contributed by atoms with Gasteiger partial charge in [-0.1, -0.05) is 6.92 Å². The summed E-state index contributed by atoms with van der Waals surface area (Å²) in [5.41, 5.74) is 6.56. The normalized spacial score (nSPS) is 12.5. The standard InChI is InChI=1S/C9H15N3O/c1-3-13-9-11-5-8(6-12-9)7(2)4-10/h5-7H,3-4,10H2,1-2H3. The zero-order valence-corrected chi connectivity index (χ0v) is 8.03. The van der Waals surface area contributed by atoms with Crippen LogP contribution in [-0.4, -0.2) is 23.1 Å². The molecule has 0 radical (unpaired) electrons. The van der Waals surface area contributed by atoms with Gasteiger partial charge < -0.3 is 10.5 Å². The van der Waals surface area contributed by atoms with Crippen molar-refractivity contribution in [3.05, 3.63) is 18.0 Å². The lowest BCUT2D eigenvalue weighted by Crippen LogP contribution is -2.09. The lowest BCUT2D eigenvalue weighted by molar-refractivity contribution is 0.312. The number of ether oxygens (including phenoxy) is 1. The van der Waals surface area contributed by atoms with Crippen molar-refractivity contribution in [1.29, 1.82) is 0 Å². The minimum atomic E-state index is 0.302. The van der Waals surface area contributed by atoms with Crippen molar-refractivity contribution in [3.8, 4) is 6.01 Å². The molecule has 1 rings (SSSR count). The average Bonchev–Trinajstić information content (AvgIpc) is 2.18. The van der Waals surface area contributed by atoms with Gasteiger partial charge in [0.1, 0.15) is 0 Å².